The first kappa shape index (κ1) is 36.5. The Hall–Kier alpha value is -1.84. The highest BCUT2D eigenvalue weighted by Crippen LogP contribution is 2.57. The molecule has 278 valence electrons. The van der Waals surface area contributed by atoms with Crippen molar-refractivity contribution in [2.45, 2.75) is 179 Å². The number of aliphatic imine (C=N–C) groups is 1. The van der Waals surface area contributed by atoms with Gasteiger partial charge in [-0.05, 0) is 108 Å². The van der Waals surface area contributed by atoms with Gasteiger partial charge in [-0.3, -0.25) is 9.79 Å². The van der Waals surface area contributed by atoms with Gasteiger partial charge in [0.15, 0.2) is 5.79 Å². The fourth-order valence-corrected chi connectivity index (χ4v) is 10.8. The zero-order valence-corrected chi connectivity index (χ0v) is 31.6. The van der Waals surface area contributed by atoms with Crippen molar-refractivity contribution in [3.8, 4) is 0 Å². The summed E-state index contributed by atoms with van der Waals surface area (Å²) in [7, 11) is 0. The van der Waals surface area contributed by atoms with E-state index in [1.807, 2.05) is 13.8 Å². The zero-order chi connectivity index (χ0) is 35.6. The van der Waals surface area contributed by atoms with Crippen molar-refractivity contribution < 1.29 is 34.0 Å². The Morgan fingerprint density at radius 1 is 0.980 bits per heavy atom. The Morgan fingerprint density at radius 3 is 2.54 bits per heavy atom. The molecule has 4 bridgehead atoms. The number of carbonyl (C=O) groups excluding carboxylic acids is 1. The summed E-state index contributed by atoms with van der Waals surface area (Å²) in [5.41, 5.74) is 4.75. The fraction of sp³-hybridized carbons (Fsp3) is 0.810. The first-order chi connectivity index (χ1) is 23.6. The lowest BCUT2D eigenvalue weighted by atomic mass is 9.58. The third-order valence-corrected chi connectivity index (χ3v) is 14.1. The molecule has 8 heteroatoms. The van der Waals surface area contributed by atoms with E-state index in [1.54, 1.807) is 0 Å². The van der Waals surface area contributed by atoms with Crippen LogP contribution in [0.4, 0.5) is 0 Å². The molecule has 50 heavy (non-hydrogen) atoms. The van der Waals surface area contributed by atoms with Gasteiger partial charge in [-0.25, -0.2) is 0 Å². The molecule has 4 saturated heterocycles. The number of nitrogens with zero attached hydrogens (tertiary/aromatic N) is 1. The first-order valence-corrected chi connectivity index (χ1v) is 19.9. The van der Waals surface area contributed by atoms with Crippen molar-refractivity contribution in [2.75, 3.05) is 6.54 Å². The number of esters is 1. The normalized spacial score (nSPS) is 48.6. The monoisotopic (exact) mass is 693 g/mol. The van der Waals surface area contributed by atoms with Crippen LogP contribution in [0, 0.1) is 29.1 Å². The molecule has 6 aliphatic heterocycles. The van der Waals surface area contributed by atoms with Crippen LogP contribution in [0.15, 0.2) is 39.9 Å². The third-order valence-electron chi connectivity index (χ3n) is 14.1. The van der Waals surface area contributed by atoms with Crippen LogP contribution in [-0.2, 0) is 23.7 Å². The van der Waals surface area contributed by atoms with Crippen molar-refractivity contribution in [3.63, 3.8) is 0 Å². The average molecular weight is 694 g/mol. The van der Waals surface area contributed by atoms with Crippen LogP contribution < -0.4 is 0 Å². The quantitative estimate of drug-likeness (QED) is 0.212. The second-order valence-electron chi connectivity index (χ2n) is 18.0. The SMILES string of the molecule is C=C1CCCC2=NCC(C)CCC23CCC(C2CC(C)C(=O)O2)=C(C)C3/C=C(/C)C(O)CC2OC3(CCC4(OC(CCC4(C)O)C1)O3)CC2C. The van der Waals surface area contributed by atoms with E-state index < -0.39 is 23.3 Å². The van der Waals surface area contributed by atoms with E-state index in [0.29, 0.717) is 38.0 Å². The highest BCUT2D eigenvalue weighted by Gasteiger charge is 2.64. The van der Waals surface area contributed by atoms with Gasteiger partial charge in [0.25, 0.3) is 0 Å². The molecular weight excluding hydrogens is 630 g/mol. The molecule has 0 aromatic heterocycles. The van der Waals surface area contributed by atoms with Crippen molar-refractivity contribution in [1.29, 1.82) is 0 Å². The summed E-state index contributed by atoms with van der Waals surface area (Å²) in [6.07, 6.45) is 13.4. The number of hydrogen-bond donors (Lipinski definition) is 2. The number of aliphatic hydroxyl groups is 2. The molecule has 2 N–H and O–H groups in total. The predicted molar refractivity (Wildman–Crippen MR) is 193 cm³/mol. The summed E-state index contributed by atoms with van der Waals surface area (Å²) in [6.45, 7) is 18.0. The summed E-state index contributed by atoms with van der Waals surface area (Å²) in [5, 5.41) is 23.6. The van der Waals surface area contributed by atoms with Gasteiger partial charge in [-0.1, -0.05) is 44.6 Å². The molecule has 0 saturated carbocycles. The van der Waals surface area contributed by atoms with E-state index in [4.69, 9.17) is 23.9 Å². The van der Waals surface area contributed by atoms with Gasteiger partial charge in [0, 0.05) is 55.7 Å². The van der Waals surface area contributed by atoms with Crippen molar-refractivity contribution in [1.82, 2.24) is 0 Å². The number of carbonyl (C=O) groups is 1. The number of cyclic esters (lactones) is 1. The van der Waals surface area contributed by atoms with Crippen molar-refractivity contribution >= 4 is 11.7 Å². The second-order valence-corrected chi connectivity index (χ2v) is 18.0. The molecule has 7 aliphatic rings. The number of hydrogen-bond acceptors (Lipinski definition) is 8. The lowest BCUT2D eigenvalue weighted by Crippen LogP contribution is -2.60. The Kier molecular flexibility index (Phi) is 9.89. The molecule has 6 heterocycles. The minimum absolute atomic E-state index is 0.0611. The van der Waals surface area contributed by atoms with Crippen LogP contribution in [0.1, 0.15) is 138 Å². The number of rotatable bonds is 1. The Balaban J connectivity index is 1.26. The molecule has 12 unspecified atom stereocenters. The summed E-state index contributed by atoms with van der Waals surface area (Å²) >= 11 is 0. The Morgan fingerprint density at radius 2 is 1.78 bits per heavy atom. The Labute approximate surface area is 300 Å². The molecule has 0 amide bonds. The van der Waals surface area contributed by atoms with Gasteiger partial charge in [0.1, 0.15) is 11.7 Å². The molecule has 4 fully saturated rings. The van der Waals surface area contributed by atoms with E-state index >= 15 is 0 Å². The van der Waals surface area contributed by atoms with E-state index in [9.17, 15) is 15.0 Å². The molecule has 3 spiro atoms. The molecule has 7 rings (SSSR count). The average Bonchev–Trinajstić information content (AvgIpc) is 3.65. The number of ether oxygens (including phenoxy) is 4. The van der Waals surface area contributed by atoms with Crippen LogP contribution >= 0.6 is 0 Å². The predicted octanol–water partition coefficient (Wildman–Crippen LogP) is 7.91. The largest absolute Gasteiger partial charge is 0.458 e. The van der Waals surface area contributed by atoms with E-state index in [1.165, 1.54) is 22.4 Å². The van der Waals surface area contributed by atoms with Crippen LogP contribution in [0.2, 0.25) is 0 Å². The summed E-state index contributed by atoms with van der Waals surface area (Å²) < 4.78 is 26.3. The topological polar surface area (TPSA) is 107 Å². The Bertz CT molecular complexity index is 1450. The molecule has 0 aromatic rings. The molecule has 0 aromatic carbocycles. The highest BCUT2D eigenvalue weighted by atomic mass is 16.8. The summed E-state index contributed by atoms with van der Waals surface area (Å²) in [5.74, 6) is -1.36. The second kappa shape index (κ2) is 13.5. The minimum Gasteiger partial charge on any atom is -0.458 e. The number of fused-ring (bicyclic) bond motifs is 2. The first-order valence-electron chi connectivity index (χ1n) is 19.9. The van der Waals surface area contributed by atoms with Crippen LogP contribution in [0.25, 0.3) is 0 Å². The lowest BCUT2D eigenvalue weighted by molar-refractivity contribution is -0.387. The number of allylic oxidation sites excluding steroid dienone is 2. The molecule has 12 atom stereocenters. The smallest absolute Gasteiger partial charge is 0.309 e. The summed E-state index contributed by atoms with van der Waals surface area (Å²) in [4.78, 5) is 18.0. The van der Waals surface area contributed by atoms with Gasteiger partial charge in [-0.15, -0.1) is 0 Å². The minimum atomic E-state index is -1.12. The molecule has 0 radical (unpaired) electrons. The number of aliphatic hydroxyl groups excluding tert-OH is 1. The van der Waals surface area contributed by atoms with Crippen LogP contribution in [-0.4, -0.2) is 70.0 Å². The lowest BCUT2D eigenvalue weighted by Gasteiger charge is -2.49. The van der Waals surface area contributed by atoms with Gasteiger partial charge < -0.3 is 29.2 Å². The molecule has 1 aliphatic carbocycles. The van der Waals surface area contributed by atoms with Gasteiger partial charge in [0.2, 0.25) is 5.79 Å². The maximum Gasteiger partial charge on any atom is 0.309 e. The zero-order valence-electron chi connectivity index (χ0n) is 31.6. The van der Waals surface area contributed by atoms with E-state index in [2.05, 4.69) is 40.3 Å². The van der Waals surface area contributed by atoms with Crippen molar-refractivity contribution in [3.05, 3.63) is 34.9 Å². The van der Waals surface area contributed by atoms with Crippen LogP contribution in [0.5, 0.6) is 0 Å². The fourth-order valence-electron chi connectivity index (χ4n) is 10.8. The maximum absolute atomic E-state index is 12.6. The standard InChI is InChI=1S/C42H63NO7/c1-25-9-8-10-37-40(15-11-26(2)24-43-37)16-13-32(36-21-28(4)38(45)47-36)30(6)33(40)20-27(3)34(44)22-35-29(5)23-41(49-35)17-18-42(50-41)39(7,46)14-12-31(19-25)48-42/h20,26,28-29,31,33-36,44,46H,1,8-19,21-24H2,2-7H3/b27-20-. The molecular formula is C42H63NO7. The van der Waals surface area contributed by atoms with Gasteiger partial charge in [0.05, 0.1) is 24.2 Å². The van der Waals surface area contributed by atoms with E-state index in [-0.39, 0.29) is 47.4 Å². The van der Waals surface area contributed by atoms with Crippen LogP contribution in [0.3, 0.4) is 0 Å². The van der Waals surface area contributed by atoms with Gasteiger partial charge in [-0.2, -0.15) is 0 Å². The maximum atomic E-state index is 12.6. The van der Waals surface area contributed by atoms with Gasteiger partial charge >= 0.3 is 5.97 Å². The molecule has 8 nitrogen and oxygen atoms in total. The van der Waals surface area contributed by atoms with E-state index in [0.717, 1.165) is 76.3 Å². The highest BCUT2D eigenvalue weighted by molar-refractivity contribution is 5.92. The summed E-state index contributed by atoms with van der Waals surface area (Å²) in [6, 6.07) is 0. The van der Waals surface area contributed by atoms with Crippen molar-refractivity contribution in [2.24, 2.45) is 34.1 Å². The third kappa shape index (κ3) is 6.52.